The number of nitrogens with zero attached hydrogens (tertiary/aromatic N) is 2. The van der Waals surface area contributed by atoms with Gasteiger partial charge >= 0.3 is 0 Å². The molecule has 3 rings (SSSR count). The minimum atomic E-state index is -0.336. The number of benzene rings is 1. The molecule has 1 aliphatic carbocycles. The highest BCUT2D eigenvalue weighted by Crippen LogP contribution is 2.27. The molecule has 0 saturated heterocycles. The number of aromatic nitrogens is 2. The lowest BCUT2D eigenvalue weighted by Gasteiger charge is -2.20. The second-order valence-corrected chi connectivity index (χ2v) is 6.07. The van der Waals surface area contributed by atoms with Gasteiger partial charge in [-0.2, -0.15) is 0 Å². The van der Waals surface area contributed by atoms with Gasteiger partial charge in [-0.15, -0.1) is 0 Å². The Balaban J connectivity index is 1.85. The predicted octanol–water partition coefficient (Wildman–Crippen LogP) is 2.44. The molecule has 126 valence electrons. The zero-order valence-electron chi connectivity index (χ0n) is 13.8. The van der Waals surface area contributed by atoms with Crippen molar-refractivity contribution < 1.29 is 9.13 Å². The lowest BCUT2D eigenvalue weighted by Crippen LogP contribution is -2.29. The largest absolute Gasteiger partial charge is 0.497 e. The fourth-order valence-electron chi connectivity index (χ4n) is 3.04. The second-order valence-electron chi connectivity index (χ2n) is 6.07. The van der Waals surface area contributed by atoms with Crippen LogP contribution in [0.4, 0.5) is 4.39 Å². The summed E-state index contributed by atoms with van der Waals surface area (Å²) in [7, 11) is 1.50. The fraction of sp³-hybridized carbons (Fsp3) is 0.333. The van der Waals surface area contributed by atoms with Crippen molar-refractivity contribution in [3.63, 3.8) is 0 Å². The normalized spacial score (nSPS) is 16.5. The highest BCUT2D eigenvalue weighted by Gasteiger charge is 2.21. The number of hydrogen-bond acceptors (Lipinski definition) is 4. The molecule has 6 heteroatoms. The van der Waals surface area contributed by atoms with Crippen LogP contribution in [0.25, 0.3) is 6.08 Å². The molecular formula is C18H20FN3O2. The molecule has 2 aromatic rings. The van der Waals surface area contributed by atoms with Gasteiger partial charge in [-0.05, 0) is 36.5 Å². The summed E-state index contributed by atoms with van der Waals surface area (Å²) in [6.07, 6.45) is 4.32. The molecule has 0 aliphatic heterocycles. The van der Waals surface area contributed by atoms with Crippen molar-refractivity contribution in [3.8, 4) is 5.75 Å². The van der Waals surface area contributed by atoms with E-state index in [1.807, 2.05) is 6.92 Å². The monoisotopic (exact) mass is 329 g/mol. The molecule has 2 N–H and O–H groups in total. The zero-order valence-corrected chi connectivity index (χ0v) is 13.8. The van der Waals surface area contributed by atoms with Crippen LogP contribution in [0.5, 0.6) is 5.75 Å². The summed E-state index contributed by atoms with van der Waals surface area (Å²) in [6, 6.07) is 4.73. The maximum Gasteiger partial charge on any atom is 0.257 e. The molecule has 24 heavy (non-hydrogen) atoms. The number of rotatable bonds is 4. The van der Waals surface area contributed by atoms with E-state index in [0.29, 0.717) is 42.0 Å². The number of methoxy groups -OCH3 is 1. The van der Waals surface area contributed by atoms with Gasteiger partial charge in [0.2, 0.25) is 0 Å². The summed E-state index contributed by atoms with van der Waals surface area (Å²) in [5.74, 6) is 0.176. The molecular weight excluding hydrogens is 309 g/mol. The van der Waals surface area contributed by atoms with Gasteiger partial charge in [0.15, 0.2) is 0 Å². The molecule has 1 heterocycles. The van der Waals surface area contributed by atoms with Gasteiger partial charge in [0.05, 0.1) is 19.1 Å². The SMILES string of the molecule is COc1ccc(CCn2cnc3c(c2=O)C(C)CC(N)=C3)c(F)c1. The van der Waals surface area contributed by atoms with Crippen molar-refractivity contribution in [1.82, 2.24) is 9.55 Å². The summed E-state index contributed by atoms with van der Waals surface area (Å²) in [5, 5.41) is 0. The topological polar surface area (TPSA) is 70.1 Å². The highest BCUT2D eigenvalue weighted by atomic mass is 19.1. The van der Waals surface area contributed by atoms with Crippen molar-refractivity contribution in [3.05, 3.63) is 63.2 Å². The third-order valence-corrected chi connectivity index (χ3v) is 4.34. The van der Waals surface area contributed by atoms with Crippen molar-refractivity contribution >= 4 is 6.08 Å². The Morgan fingerprint density at radius 3 is 2.96 bits per heavy atom. The molecule has 0 spiro atoms. The number of fused-ring (bicyclic) bond motifs is 1. The summed E-state index contributed by atoms with van der Waals surface area (Å²) in [5.41, 5.74) is 8.38. The third-order valence-electron chi connectivity index (χ3n) is 4.34. The van der Waals surface area contributed by atoms with Crippen molar-refractivity contribution in [1.29, 1.82) is 0 Å². The first-order valence-electron chi connectivity index (χ1n) is 7.87. The Labute approximate surface area is 139 Å². The average molecular weight is 329 g/mol. The van der Waals surface area contributed by atoms with E-state index in [1.165, 1.54) is 24.1 Å². The molecule has 1 aliphatic rings. The Morgan fingerprint density at radius 1 is 1.46 bits per heavy atom. The lowest BCUT2D eigenvalue weighted by atomic mass is 9.90. The summed E-state index contributed by atoms with van der Waals surface area (Å²) in [4.78, 5) is 17.0. The van der Waals surface area contributed by atoms with E-state index >= 15 is 0 Å². The molecule has 0 fully saturated rings. The number of ether oxygens (including phenoxy) is 1. The lowest BCUT2D eigenvalue weighted by molar-refractivity contribution is 0.410. The number of allylic oxidation sites excluding steroid dienone is 1. The minimum absolute atomic E-state index is 0.0372. The quantitative estimate of drug-likeness (QED) is 0.935. The van der Waals surface area contributed by atoms with E-state index in [9.17, 15) is 9.18 Å². The summed E-state index contributed by atoms with van der Waals surface area (Å²) < 4.78 is 20.5. The van der Waals surface area contributed by atoms with Crippen LogP contribution in [0.15, 0.2) is 35.0 Å². The van der Waals surface area contributed by atoms with Gasteiger partial charge < -0.3 is 10.5 Å². The van der Waals surface area contributed by atoms with E-state index in [4.69, 9.17) is 10.5 Å². The predicted molar refractivity (Wildman–Crippen MR) is 90.3 cm³/mol. The average Bonchev–Trinajstić information content (AvgIpc) is 2.54. The van der Waals surface area contributed by atoms with E-state index in [-0.39, 0.29) is 17.3 Å². The van der Waals surface area contributed by atoms with Crippen molar-refractivity contribution in [2.45, 2.75) is 32.2 Å². The van der Waals surface area contributed by atoms with E-state index < -0.39 is 0 Å². The minimum Gasteiger partial charge on any atom is -0.497 e. The maximum absolute atomic E-state index is 14.0. The Hall–Kier alpha value is -2.63. The van der Waals surface area contributed by atoms with Gasteiger partial charge in [0.1, 0.15) is 11.6 Å². The van der Waals surface area contributed by atoms with Crippen molar-refractivity contribution in [2.75, 3.05) is 7.11 Å². The molecule has 0 bridgehead atoms. The number of aryl methyl sites for hydroxylation is 2. The van der Waals surface area contributed by atoms with E-state index in [2.05, 4.69) is 4.98 Å². The number of nitrogens with two attached hydrogens (primary N) is 1. The molecule has 5 nitrogen and oxygen atoms in total. The van der Waals surface area contributed by atoms with Crippen LogP contribution < -0.4 is 16.0 Å². The molecule has 1 aromatic heterocycles. The van der Waals surface area contributed by atoms with Crippen LogP contribution >= 0.6 is 0 Å². The number of halogens is 1. The maximum atomic E-state index is 14.0. The zero-order chi connectivity index (χ0) is 17.3. The summed E-state index contributed by atoms with van der Waals surface area (Å²) >= 11 is 0. The van der Waals surface area contributed by atoms with Gasteiger partial charge in [0, 0.05) is 23.9 Å². The van der Waals surface area contributed by atoms with Crippen LogP contribution in [0.1, 0.15) is 36.1 Å². The first-order valence-corrected chi connectivity index (χ1v) is 7.87. The molecule has 1 aromatic carbocycles. The molecule has 1 unspecified atom stereocenters. The highest BCUT2D eigenvalue weighted by molar-refractivity contribution is 5.55. The van der Waals surface area contributed by atoms with Crippen LogP contribution in [0.3, 0.4) is 0 Å². The molecule has 0 radical (unpaired) electrons. The van der Waals surface area contributed by atoms with Crippen LogP contribution in [-0.4, -0.2) is 16.7 Å². The molecule has 0 saturated carbocycles. The fourth-order valence-corrected chi connectivity index (χ4v) is 3.04. The second kappa shape index (κ2) is 6.47. The Bertz CT molecular complexity index is 858. The van der Waals surface area contributed by atoms with E-state index in [1.54, 1.807) is 18.2 Å². The third kappa shape index (κ3) is 3.04. The Kier molecular flexibility index (Phi) is 4.38. The van der Waals surface area contributed by atoms with Gasteiger partial charge in [0.25, 0.3) is 5.56 Å². The molecule has 1 atom stereocenters. The smallest absolute Gasteiger partial charge is 0.257 e. The van der Waals surface area contributed by atoms with Crippen LogP contribution in [0, 0.1) is 5.82 Å². The first kappa shape index (κ1) is 16.2. The number of hydrogen-bond donors (Lipinski definition) is 1. The van der Waals surface area contributed by atoms with Gasteiger partial charge in [-0.25, -0.2) is 9.37 Å². The molecule has 0 amide bonds. The van der Waals surface area contributed by atoms with Gasteiger partial charge in [-0.3, -0.25) is 9.36 Å². The van der Waals surface area contributed by atoms with Crippen molar-refractivity contribution in [2.24, 2.45) is 5.73 Å². The van der Waals surface area contributed by atoms with E-state index in [0.717, 1.165) is 5.70 Å². The van der Waals surface area contributed by atoms with Gasteiger partial charge in [-0.1, -0.05) is 13.0 Å². The van der Waals surface area contributed by atoms with Crippen LogP contribution in [0.2, 0.25) is 0 Å². The Morgan fingerprint density at radius 2 is 2.25 bits per heavy atom. The summed E-state index contributed by atoms with van der Waals surface area (Å²) in [6.45, 7) is 2.34. The van der Waals surface area contributed by atoms with Crippen LogP contribution in [-0.2, 0) is 13.0 Å². The first-order chi connectivity index (χ1) is 11.5. The standard InChI is InChI=1S/C18H20FN3O2/c1-11-7-13(20)8-16-17(11)18(23)22(10-21-16)6-5-12-3-4-14(24-2)9-15(12)19/h3-4,8-11H,5-7,20H2,1-2H3.